The average molecular weight is 546 g/mol. The molecule has 0 spiro atoms. The highest BCUT2D eigenvalue weighted by Gasteiger charge is 2.25. The Labute approximate surface area is 227 Å². The van der Waals surface area contributed by atoms with E-state index in [1.165, 1.54) is 11.3 Å². The van der Waals surface area contributed by atoms with Crippen molar-refractivity contribution in [2.24, 2.45) is 15.9 Å². The number of allylic oxidation sites excluding steroid dienone is 5. The summed E-state index contributed by atoms with van der Waals surface area (Å²) in [6, 6.07) is 0. The second-order valence-electron chi connectivity index (χ2n) is 9.31. The molecule has 1 amide bonds. The van der Waals surface area contributed by atoms with E-state index in [1.54, 1.807) is 6.20 Å². The number of amides is 1. The summed E-state index contributed by atoms with van der Waals surface area (Å²) in [5, 5.41) is 16.0. The van der Waals surface area contributed by atoms with E-state index in [-0.39, 0.29) is 23.8 Å². The van der Waals surface area contributed by atoms with Crippen molar-refractivity contribution < 1.29 is 9.90 Å². The highest BCUT2D eigenvalue weighted by Crippen LogP contribution is 2.27. The monoisotopic (exact) mass is 545 g/mol. The van der Waals surface area contributed by atoms with Crippen molar-refractivity contribution in [1.29, 1.82) is 0 Å². The van der Waals surface area contributed by atoms with Gasteiger partial charge in [0.15, 0.2) is 0 Å². The molecule has 1 fully saturated rings. The van der Waals surface area contributed by atoms with Crippen molar-refractivity contribution in [2.75, 3.05) is 39.3 Å². The number of alkyl halides is 1. The van der Waals surface area contributed by atoms with Crippen molar-refractivity contribution in [3.05, 3.63) is 46.3 Å². The van der Waals surface area contributed by atoms with Crippen LogP contribution in [0.5, 0.6) is 0 Å². The molecule has 37 heavy (non-hydrogen) atoms. The lowest BCUT2D eigenvalue weighted by atomic mass is 10.0. The number of aliphatic hydroxyl groups is 1. The molecule has 1 aliphatic carbocycles. The Bertz CT molecular complexity index is 1130. The van der Waals surface area contributed by atoms with Gasteiger partial charge in [0.25, 0.3) is 5.91 Å². The van der Waals surface area contributed by atoms with Crippen LogP contribution < -0.4 is 10.6 Å². The summed E-state index contributed by atoms with van der Waals surface area (Å²) < 4.78 is 0. The highest BCUT2D eigenvalue weighted by molar-refractivity contribution is 7.17. The number of halogens is 1. The Morgan fingerprint density at radius 2 is 2.11 bits per heavy atom. The van der Waals surface area contributed by atoms with Gasteiger partial charge in [0.05, 0.1) is 18.2 Å². The molecule has 0 radical (unpaired) electrons. The van der Waals surface area contributed by atoms with Gasteiger partial charge in [-0.15, -0.1) is 11.6 Å². The number of carbonyl (C=O) groups excluding carboxylic acids is 1. The van der Waals surface area contributed by atoms with Gasteiger partial charge in [0.2, 0.25) is 11.1 Å². The van der Waals surface area contributed by atoms with E-state index in [0.717, 1.165) is 61.9 Å². The lowest BCUT2D eigenvalue weighted by Crippen LogP contribution is -2.52. The van der Waals surface area contributed by atoms with Crippen LogP contribution in [0.15, 0.2) is 51.4 Å². The maximum Gasteiger partial charge on any atom is 0.267 e. The number of aliphatic imine (C=N–C) groups is 2. The molecule has 3 N–H and O–H groups in total. The molecule has 200 valence electrons. The minimum atomic E-state index is -0.247. The molecule has 3 heterocycles. The molecule has 1 saturated heterocycles. The molecule has 11 heteroatoms. The summed E-state index contributed by atoms with van der Waals surface area (Å²) in [6.07, 6.45) is 10.1. The van der Waals surface area contributed by atoms with Crippen LogP contribution >= 0.6 is 22.9 Å². The van der Waals surface area contributed by atoms with Gasteiger partial charge in [0, 0.05) is 50.0 Å². The van der Waals surface area contributed by atoms with Gasteiger partial charge in [-0.2, -0.15) is 4.99 Å². The fraction of sp³-hybridized carbons (Fsp3) is 0.538. The third kappa shape index (κ3) is 6.87. The fourth-order valence-electron chi connectivity index (χ4n) is 4.51. The summed E-state index contributed by atoms with van der Waals surface area (Å²) in [7, 11) is 0. The second kappa shape index (κ2) is 12.8. The Hall–Kier alpha value is -2.53. The van der Waals surface area contributed by atoms with Gasteiger partial charge < -0.3 is 20.6 Å². The van der Waals surface area contributed by atoms with E-state index in [9.17, 15) is 9.90 Å². The first-order valence-electron chi connectivity index (χ1n) is 12.9. The topological polar surface area (TPSA) is 105 Å². The molecule has 2 aliphatic heterocycles. The van der Waals surface area contributed by atoms with E-state index in [0.29, 0.717) is 28.8 Å². The molecule has 0 bridgehead atoms. The first-order chi connectivity index (χ1) is 17.9. The molecular formula is C26H36ClN7O2S. The molecule has 4 rings (SSSR count). The molecular weight excluding hydrogens is 510 g/mol. The number of nitrogens with zero attached hydrogens (tertiary/aromatic N) is 5. The van der Waals surface area contributed by atoms with Gasteiger partial charge in [-0.05, 0) is 31.8 Å². The van der Waals surface area contributed by atoms with Crippen LogP contribution in [0, 0.1) is 5.92 Å². The SMILES string of the molecule is CCC1=CC(CC)C(=Nc2ncc(C(=O)NC3=C(C)C=CCC3Cl)s2)N=C(N2CCN(CCO)CC2)N1. The van der Waals surface area contributed by atoms with Crippen LogP contribution in [0.25, 0.3) is 0 Å². The first kappa shape index (κ1) is 27.5. The van der Waals surface area contributed by atoms with E-state index in [2.05, 4.69) is 45.3 Å². The third-order valence-corrected chi connectivity index (χ3v) is 8.05. The number of thiazole rings is 1. The summed E-state index contributed by atoms with van der Waals surface area (Å²) in [5.74, 6) is 1.29. The predicted molar refractivity (Wildman–Crippen MR) is 151 cm³/mol. The van der Waals surface area contributed by atoms with Gasteiger partial charge in [-0.3, -0.25) is 9.69 Å². The van der Waals surface area contributed by atoms with E-state index < -0.39 is 0 Å². The van der Waals surface area contributed by atoms with Crippen molar-refractivity contribution >= 4 is 45.8 Å². The number of aliphatic hydroxyl groups excluding tert-OH is 1. The minimum Gasteiger partial charge on any atom is -0.395 e. The van der Waals surface area contributed by atoms with E-state index >= 15 is 0 Å². The van der Waals surface area contributed by atoms with Crippen molar-refractivity contribution in [3.63, 3.8) is 0 Å². The maximum atomic E-state index is 12.9. The molecule has 2 unspecified atom stereocenters. The lowest BCUT2D eigenvalue weighted by Gasteiger charge is -2.36. The fourth-order valence-corrected chi connectivity index (χ4v) is 5.53. The minimum absolute atomic E-state index is 0.0376. The first-order valence-corrected chi connectivity index (χ1v) is 14.2. The molecule has 0 aromatic carbocycles. The second-order valence-corrected chi connectivity index (χ2v) is 10.8. The standard InChI is InChI=1S/C26H36ClN7O2S/c1-4-18-15-19(5-2)29-25(34-11-9-33(10-12-34)13-14-35)31-23(18)32-26-28-16-21(37-26)24(36)30-22-17(3)7-6-8-20(22)27/h6-7,15-16,18,20,35H,4-5,8-14H2,1-3H3,(H,30,36)(H,28,29,31,32). The van der Waals surface area contributed by atoms with Gasteiger partial charge >= 0.3 is 0 Å². The van der Waals surface area contributed by atoms with Gasteiger partial charge in [-0.25, -0.2) is 9.98 Å². The van der Waals surface area contributed by atoms with Crippen molar-refractivity contribution in [1.82, 2.24) is 25.4 Å². The number of nitrogens with one attached hydrogen (secondary N) is 2. The summed E-state index contributed by atoms with van der Waals surface area (Å²) in [6.45, 7) is 10.4. The van der Waals surface area contributed by atoms with Crippen LogP contribution in [0.3, 0.4) is 0 Å². The Morgan fingerprint density at radius 1 is 1.32 bits per heavy atom. The number of guanidine groups is 1. The zero-order valence-corrected chi connectivity index (χ0v) is 23.3. The zero-order chi connectivity index (χ0) is 26.4. The number of aromatic nitrogens is 1. The zero-order valence-electron chi connectivity index (χ0n) is 21.7. The number of amidine groups is 1. The van der Waals surface area contributed by atoms with Gasteiger partial charge in [0.1, 0.15) is 10.7 Å². The summed E-state index contributed by atoms with van der Waals surface area (Å²) in [5.41, 5.74) is 2.81. The molecule has 1 aromatic rings. The number of β-amino-alcohol motifs (C(OH)–C–C–N with tert-alkyl or cyclic N) is 1. The van der Waals surface area contributed by atoms with Crippen LogP contribution in [0.4, 0.5) is 5.13 Å². The van der Waals surface area contributed by atoms with Gasteiger partial charge in [-0.1, -0.05) is 43.4 Å². The Kier molecular flexibility index (Phi) is 9.53. The van der Waals surface area contributed by atoms with E-state index in [1.807, 2.05) is 19.1 Å². The molecule has 1 aromatic heterocycles. The normalized spacial score (nSPS) is 24.0. The molecule has 3 aliphatic rings. The Balaban J connectivity index is 1.56. The number of piperazine rings is 1. The lowest BCUT2D eigenvalue weighted by molar-refractivity contribution is 0.0968. The van der Waals surface area contributed by atoms with Crippen LogP contribution in [0.1, 0.15) is 49.7 Å². The quantitative estimate of drug-likeness (QED) is 0.452. The third-order valence-electron chi connectivity index (χ3n) is 6.76. The molecule has 9 nitrogen and oxygen atoms in total. The van der Waals surface area contributed by atoms with Crippen LogP contribution in [-0.4, -0.2) is 82.3 Å². The van der Waals surface area contributed by atoms with Crippen molar-refractivity contribution in [2.45, 2.75) is 45.4 Å². The molecule has 0 saturated carbocycles. The van der Waals surface area contributed by atoms with Crippen molar-refractivity contribution in [3.8, 4) is 0 Å². The summed E-state index contributed by atoms with van der Waals surface area (Å²) in [4.78, 5) is 32.1. The largest absolute Gasteiger partial charge is 0.395 e. The van der Waals surface area contributed by atoms with Crippen LogP contribution in [0.2, 0.25) is 0 Å². The average Bonchev–Trinajstić information content (AvgIpc) is 3.29. The summed E-state index contributed by atoms with van der Waals surface area (Å²) >= 11 is 7.66. The highest BCUT2D eigenvalue weighted by atomic mass is 35.5. The molecule has 2 atom stereocenters. The maximum absolute atomic E-state index is 12.9. The van der Waals surface area contributed by atoms with Crippen LogP contribution in [-0.2, 0) is 0 Å². The number of hydrogen-bond acceptors (Lipinski definition) is 8. The van der Waals surface area contributed by atoms with E-state index in [4.69, 9.17) is 21.6 Å². The number of carbonyl (C=O) groups is 1. The number of hydrogen-bond donors (Lipinski definition) is 3. The number of rotatable bonds is 7. The Morgan fingerprint density at radius 3 is 2.78 bits per heavy atom. The smallest absolute Gasteiger partial charge is 0.267 e. The predicted octanol–water partition coefficient (Wildman–Crippen LogP) is 3.63.